The zero-order valence-corrected chi connectivity index (χ0v) is 17.7. The maximum absolute atomic E-state index is 12.8. The molecule has 0 radical (unpaired) electrons. The lowest BCUT2D eigenvalue weighted by atomic mass is 10.1. The highest BCUT2D eigenvalue weighted by Crippen LogP contribution is 2.14. The van der Waals surface area contributed by atoms with Crippen LogP contribution < -0.4 is 20.4 Å². The van der Waals surface area contributed by atoms with Crippen LogP contribution in [0.25, 0.3) is 11.0 Å². The lowest BCUT2D eigenvalue weighted by molar-refractivity contribution is 0.317. The van der Waals surface area contributed by atoms with Crippen LogP contribution in [0.5, 0.6) is 5.75 Å². The van der Waals surface area contributed by atoms with Gasteiger partial charge in [-0.25, -0.2) is 0 Å². The molecule has 30 heavy (non-hydrogen) atoms. The number of benzene rings is 2. The zero-order chi connectivity index (χ0) is 21.1. The van der Waals surface area contributed by atoms with Crippen molar-refractivity contribution in [2.45, 2.75) is 19.8 Å². The Hall–Kier alpha value is -3.03. The van der Waals surface area contributed by atoms with Gasteiger partial charge in [0.25, 0.3) is 11.1 Å². The van der Waals surface area contributed by atoms with E-state index in [9.17, 15) is 9.59 Å². The largest absolute Gasteiger partial charge is 0.494 e. The van der Waals surface area contributed by atoms with E-state index in [0.29, 0.717) is 16.2 Å². The normalized spacial score (nSPS) is 11.9. The maximum atomic E-state index is 12.8. The average Bonchev–Trinajstić information content (AvgIpc) is 3.02. The molecule has 0 bridgehead atoms. The van der Waals surface area contributed by atoms with Crippen molar-refractivity contribution in [3.05, 3.63) is 95.6 Å². The number of hydrogen-bond donors (Lipinski definition) is 0. The molecule has 0 amide bonds. The summed E-state index contributed by atoms with van der Waals surface area (Å²) in [4.78, 5) is 29.5. The number of fused-ring (bicyclic) bond motifs is 1. The van der Waals surface area contributed by atoms with Crippen LogP contribution >= 0.6 is 22.9 Å². The van der Waals surface area contributed by atoms with E-state index in [4.69, 9.17) is 16.3 Å². The minimum Gasteiger partial charge on any atom is -0.494 e. The van der Waals surface area contributed by atoms with Gasteiger partial charge in [-0.15, -0.1) is 0 Å². The first-order chi connectivity index (χ1) is 14.5. The second kappa shape index (κ2) is 8.77. The van der Waals surface area contributed by atoms with Gasteiger partial charge in [-0.3, -0.25) is 9.59 Å². The Bertz CT molecular complexity index is 1360. The van der Waals surface area contributed by atoms with Gasteiger partial charge in [0.2, 0.25) is 4.96 Å². The Balaban J connectivity index is 1.67. The van der Waals surface area contributed by atoms with Gasteiger partial charge < -0.3 is 4.74 Å². The lowest BCUT2D eigenvalue weighted by Gasteiger charge is -2.05. The number of rotatable bonds is 6. The summed E-state index contributed by atoms with van der Waals surface area (Å²) in [5.74, 6) is 0.778. The van der Waals surface area contributed by atoms with Gasteiger partial charge in [0.05, 0.1) is 11.1 Å². The molecule has 0 fully saturated rings. The molecule has 0 aliphatic rings. The minimum absolute atomic E-state index is 0.221. The second-order valence-corrected chi connectivity index (χ2v) is 8.14. The molecule has 6 nitrogen and oxygen atoms in total. The molecule has 0 aliphatic carbocycles. The van der Waals surface area contributed by atoms with Gasteiger partial charge in [-0.05, 0) is 47.9 Å². The first-order valence-corrected chi connectivity index (χ1v) is 10.6. The van der Waals surface area contributed by atoms with Crippen molar-refractivity contribution < 1.29 is 4.74 Å². The SMILES string of the molecule is CCCOc1ccc(Cc2nn3c(=O)/c(=C/c4cccc(Cl)c4)sc3nc2=O)cc1. The summed E-state index contributed by atoms with van der Waals surface area (Å²) in [5, 5.41) is 4.86. The van der Waals surface area contributed by atoms with Gasteiger partial charge in [0, 0.05) is 11.4 Å². The van der Waals surface area contributed by atoms with Crippen molar-refractivity contribution in [3.8, 4) is 5.75 Å². The molecule has 0 atom stereocenters. The van der Waals surface area contributed by atoms with Crippen molar-refractivity contribution in [3.63, 3.8) is 0 Å². The number of halogens is 1. The third kappa shape index (κ3) is 4.42. The fourth-order valence-electron chi connectivity index (χ4n) is 2.92. The first-order valence-electron chi connectivity index (χ1n) is 9.45. The molecule has 2 heterocycles. The molecule has 8 heteroatoms. The van der Waals surface area contributed by atoms with E-state index < -0.39 is 5.56 Å². The van der Waals surface area contributed by atoms with E-state index in [1.807, 2.05) is 43.3 Å². The van der Waals surface area contributed by atoms with Crippen LogP contribution in [0.15, 0.2) is 58.1 Å². The summed E-state index contributed by atoms with van der Waals surface area (Å²) in [7, 11) is 0. The maximum Gasteiger partial charge on any atom is 0.296 e. The zero-order valence-electron chi connectivity index (χ0n) is 16.2. The molecule has 0 unspecified atom stereocenters. The van der Waals surface area contributed by atoms with Crippen LogP contribution in [-0.4, -0.2) is 21.2 Å². The smallest absolute Gasteiger partial charge is 0.296 e. The van der Waals surface area contributed by atoms with E-state index in [1.165, 1.54) is 4.52 Å². The quantitative estimate of drug-likeness (QED) is 0.461. The highest BCUT2D eigenvalue weighted by atomic mass is 35.5. The molecular formula is C22H18ClN3O3S. The Morgan fingerprint density at radius 3 is 2.70 bits per heavy atom. The molecule has 0 aliphatic heterocycles. The average molecular weight is 440 g/mol. The Kier molecular flexibility index (Phi) is 5.92. The molecule has 2 aromatic heterocycles. The van der Waals surface area contributed by atoms with Crippen LogP contribution in [0.1, 0.15) is 30.2 Å². The standard InChI is InChI=1S/C22H18ClN3O3S/c1-2-10-29-17-8-6-14(7-9-17)12-18-20(27)24-22-26(25-18)21(28)19(30-22)13-15-4-3-5-16(23)11-15/h3-9,11,13H,2,10,12H2,1H3/b19-13-. The van der Waals surface area contributed by atoms with E-state index in [-0.39, 0.29) is 22.6 Å². The summed E-state index contributed by atoms with van der Waals surface area (Å²) in [6.45, 7) is 2.70. The lowest BCUT2D eigenvalue weighted by Crippen LogP contribution is -2.28. The van der Waals surface area contributed by atoms with E-state index in [2.05, 4.69) is 10.1 Å². The Morgan fingerprint density at radius 2 is 1.97 bits per heavy atom. The molecule has 0 saturated heterocycles. The first kappa shape index (κ1) is 20.3. The highest BCUT2D eigenvalue weighted by molar-refractivity contribution is 7.15. The van der Waals surface area contributed by atoms with E-state index in [0.717, 1.165) is 34.6 Å². The summed E-state index contributed by atoms with van der Waals surface area (Å²) in [6, 6.07) is 14.7. The molecule has 0 saturated carbocycles. The topological polar surface area (TPSA) is 73.6 Å². The van der Waals surface area contributed by atoms with Crippen molar-refractivity contribution in [1.82, 2.24) is 14.6 Å². The van der Waals surface area contributed by atoms with Gasteiger partial charge >= 0.3 is 0 Å². The molecule has 0 spiro atoms. The Labute approximate surface area is 181 Å². The molecule has 2 aromatic carbocycles. The number of aromatic nitrogens is 3. The predicted molar refractivity (Wildman–Crippen MR) is 119 cm³/mol. The molecule has 152 valence electrons. The van der Waals surface area contributed by atoms with Crippen LogP contribution in [0.4, 0.5) is 0 Å². The summed E-state index contributed by atoms with van der Waals surface area (Å²) < 4.78 is 7.20. The monoisotopic (exact) mass is 439 g/mol. The van der Waals surface area contributed by atoms with Crippen LogP contribution in [0.2, 0.25) is 5.02 Å². The summed E-state index contributed by atoms with van der Waals surface area (Å²) in [5.41, 5.74) is 1.15. The molecule has 4 aromatic rings. The third-order valence-electron chi connectivity index (χ3n) is 4.36. The molecule has 4 rings (SSSR count). The highest BCUT2D eigenvalue weighted by Gasteiger charge is 2.12. The van der Waals surface area contributed by atoms with Gasteiger partial charge in [-0.2, -0.15) is 14.6 Å². The number of hydrogen-bond acceptors (Lipinski definition) is 6. The molecule has 0 N–H and O–H groups in total. The van der Waals surface area contributed by atoms with Gasteiger partial charge in [-0.1, -0.05) is 54.1 Å². The summed E-state index contributed by atoms with van der Waals surface area (Å²) >= 11 is 7.13. The van der Waals surface area contributed by atoms with Crippen molar-refractivity contribution in [1.29, 1.82) is 0 Å². The number of nitrogens with zero attached hydrogens (tertiary/aromatic N) is 3. The fraction of sp³-hybridized carbons (Fsp3) is 0.182. The van der Waals surface area contributed by atoms with Gasteiger partial charge in [0.15, 0.2) is 0 Å². The van der Waals surface area contributed by atoms with Crippen molar-refractivity contribution in [2.75, 3.05) is 6.61 Å². The van der Waals surface area contributed by atoms with E-state index in [1.54, 1.807) is 18.2 Å². The minimum atomic E-state index is -0.433. The van der Waals surface area contributed by atoms with Crippen LogP contribution in [0.3, 0.4) is 0 Å². The van der Waals surface area contributed by atoms with E-state index >= 15 is 0 Å². The van der Waals surface area contributed by atoms with Gasteiger partial charge in [0.1, 0.15) is 11.4 Å². The third-order valence-corrected chi connectivity index (χ3v) is 5.56. The number of thiazole rings is 1. The predicted octanol–water partition coefficient (Wildman–Crippen LogP) is 3.09. The molecular weight excluding hydrogens is 422 g/mol. The van der Waals surface area contributed by atoms with Crippen molar-refractivity contribution >= 4 is 34.0 Å². The summed E-state index contributed by atoms with van der Waals surface area (Å²) in [6.07, 6.45) is 2.93. The van der Waals surface area contributed by atoms with Crippen LogP contribution in [-0.2, 0) is 6.42 Å². The second-order valence-electron chi connectivity index (χ2n) is 6.70. The van der Waals surface area contributed by atoms with Crippen molar-refractivity contribution in [2.24, 2.45) is 0 Å². The van der Waals surface area contributed by atoms with Crippen LogP contribution in [0, 0.1) is 0 Å². The fourth-order valence-corrected chi connectivity index (χ4v) is 4.02. The number of ether oxygens (including phenoxy) is 1. The Morgan fingerprint density at radius 1 is 1.17 bits per heavy atom.